The molecule has 6 N–H and O–H groups in total. The fraction of sp³-hybridized carbons (Fsp3) is 0.375. The highest BCUT2D eigenvalue weighted by Gasteiger charge is 2.28. The molecule has 1 aromatic carbocycles. The number of hydrogen-bond donors (Lipinski definition) is 5. The van der Waals surface area contributed by atoms with Crippen LogP contribution in [0, 0.1) is 0 Å². The number of rotatable bonds is 12. The van der Waals surface area contributed by atoms with Crippen LogP contribution in [0.5, 0.6) is 0 Å². The van der Waals surface area contributed by atoms with Crippen molar-refractivity contribution in [3.05, 3.63) is 29.8 Å². The predicted molar refractivity (Wildman–Crippen MR) is 92.2 cm³/mol. The molecule has 0 saturated heterocycles. The summed E-state index contributed by atoms with van der Waals surface area (Å²) in [7, 11) is 0. The van der Waals surface area contributed by atoms with Crippen molar-refractivity contribution < 1.29 is 39.6 Å². The summed E-state index contributed by atoms with van der Waals surface area (Å²) in [6.07, 6.45) is 0. The van der Waals surface area contributed by atoms with Crippen LogP contribution in [0.4, 0.5) is 5.69 Å². The van der Waals surface area contributed by atoms with Crippen LogP contribution in [-0.2, 0) is 19.2 Å². The fourth-order valence-electron chi connectivity index (χ4n) is 2.59. The number of nitrogens with zero attached hydrogens (tertiary/aromatic N) is 2. The van der Waals surface area contributed by atoms with E-state index in [1.54, 1.807) is 12.1 Å². The lowest BCUT2D eigenvalue weighted by Gasteiger charge is -2.33. The van der Waals surface area contributed by atoms with E-state index >= 15 is 0 Å². The van der Waals surface area contributed by atoms with Crippen molar-refractivity contribution in [2.24, 2.45) is 0 Å². The van der Waals surface area contributed by atoms with E-state index in [1.807, 2.05) is 0 Å². The molecule has 0 amide bonds. The van der Waals surface area contributed by atoms with E-state index in [9.17, 15) is 19.2 Å². The zero-order valence-electron chi connectivity index (χ0n) is 14.3. The summed E-state index contributed by atoms with van der Waals surface area (Å²) in [6.45, 7) is -2.68. The average Bonchev–Trinajstić information content (AvgIpc) is 2.50. The number of benzene rings is 1. The van der Waals surface area contributed by atoms with E-state index in [0.717, 1.165) is 9.80 Å². The third kappa shape index (κ3) is 8.16. The lowest BCUT2D eigenvalue weighted by atomic mass is 10.0. The SMILES string of the molecule is Nc1ccc(C(CN(CC(=O)O)CC(=O)O)N(CC(=O)O)CC(=O)O)cc1. The Morgan fingerprint density at radius 2 is 1.19 bits per heavy atom. The molecule has 0 aliphatic rings. The maximum Gasteiger partial charge on any atom is 0.317 e. The van der Waals surface area contributed by atoms with Crippen molar-refractivity contribution in [3.8, 4) is 0 Å². The van der Waals surface area contributed by atoms with E-state index in [1.165, 1.54) is 12.1 Å². The van der Waals surface area contributed by atoms with Gasteiger partial charge >= 0.3 is 23.9 Å². The summed E-state index contributed by atoms with van der Waals surface area (Å²) in [5.41, 5.74) is 6.53. The predicted octanol–water partition coefficient (Wildman–Crippen LogP) is -0.748. The van der Waals surface area contributed by atoms with Crippen LogP contribution in [0.1, 0.15) is 11.6 Å². The van der Waals surface area contributed by atoms with Crippen LogP contribution >= 0.6 is 0 Å². The smallest absolute Gasteiger partial charge is 0.317 e. The summed E-state index contributed by atoms with van der Waals surface area (Å²) in [4.78, 5) is 46.6. The van der Waals surface area contributed by atoms with Gasteiger partial charge in [0, 0.05) is 18.3 Å². The van der Waals surface area contributed by atoms with Crippen LogP contribution in [-0.4, -0.2) is 86.8 Å². The minimum absolute atomic E-state index is 0.205. The molecular formula is C16H21N3O8. The Morgan fingerprint density at radius 1 is 0.778 bits per heavy atom. The Kier molecular flexibility index (Phi) is 8.17. The highest BCUT2D eigenvalue weighted by Crippen LogP contribution is 2.23. The van der Waals surface area contributed by atoms with Gasteiger partial charge in [0.15, 0.2) is 0 Å². The van der Waals surface area contributed by atoms with Gasteiger partial charge in [0.05, 0.1) is 26.2 Å². The molecule has 11 nitrogen and oxygen atoms in total. The van der Waals surface area contributed by atoms with Gasteiger partial charge in [0.2, 0.25) is 0 Å². The van der Waals surface area contributed by atoms with Crippen molar-refractivity contribution in [3.63, 3.8) is 0 Å². The first-order valence-electron chi connectivity index (χ1n) is 7.77. The molecule has 1 aromatic rings. The minimum atomic E-state index is -1.28. The van der Waals surface area contributed by atoms with Gasteiger partial charge in [-0.25, -0.2) is 0 Å². The highest BCUT2D eigenvalue weighted by atomic mass is 16.4. The quantitative estimate of drug-likeness (QED) is 0.286. The number of hydrogen-bond acceptors (Lipinski definition) is 7. The summed E-state index contributed by atoms with van der Waals surface area (Å²) >= 11 is 0. The minimum Gasteiger partial charge on any atom is -0.480 e. The second kappa shape index (κ2) is 10.1. The van der Waals surface area contributed by atoms with Crippen LogP contribution in [0.2, 0.25) is 0 Å². The Balaban J connectivity index is 3.25. The maximum atomic E-state index is 11.2. The third-order valence-electron chi connectivity index (χ3n) is 3.59. The van der Waals surface area contributed by atoms with Gasteiger partial charge in [-0.15, -0.1) is 0 Å². The van der Waals surface area contributed by atoms with Crippen LogP contribution in [0.15, 0.2) is 24.3 Å². The lowest BCUT2D eigenvalue weighted by Crippen LogP contribution is -2.45. The molecule has 0 fully saturated rings. The van der Waals surface area contributed by atoms with Crippen molar-refractivity contribution in [2.45, 2.75) is 6.04 Å². The van der Waals surface area contributed by atoms with E-state index in [4.69, 9.17) is 26.2 Å². The first kappa shape index (κ1) is 21.9. The Hall–Kier alpha value is -3.18. The fourth-order valence-corrected chi connectivity index (χ4v) is 2.59. The molecular weight excluding hydrogens is 362 g/mol. The maximum absolute atomic E-state index is 11.2. The topological polar surface area (TPSA) is 182 Å². The summed E-state index contributed by atoms with van der Waals surface area (Å²) in [5.74, 6) is -5.09. The van der Waals surface area contributed by atoms with Crippen molar-refractivity contribution in [2.75, 3.05) is 38.5 Å². The monoisotopic (exact) mass is 383 g/mol. The van der Waals surface area contributed by atoms with Gasteiger partial charge in [0.1, 0.15) is 0 Å². The number of carbonyl (C=O) groups is 4. The normalized spacial score (nSPS) is 12.1. The number of nitrogen functional groups attached to an aromatic ring is 1. The molecule has 0 aliphatic heterocycles. The second-order valence-electron chi connectivity index (χ2n) is 5.83. The highest BCUT2D eigenvalue weighted by molar-refractivity contribution is 5.73. The summed E-state index contributed by atoms with van der Waals surface area (Å²) in [5, 5.41) is 36.2. The molecule has 0 heterocycles. The van der Waals surface area contributed by atoms with Gasteiger partial charge in [-0.3, -0.25) is 29.0 Å². The van der Waals surface area contributed by atoms with Crippen LogP contribution < -0.4 is 5.73 Å². The molecule has 0 aromatic heterocycles. The van der Waals surface area contributed by atoms with Crippen molar-refractivity contribution >= 4 is 29.6 Å². The average molecular weight is 383 g/mol. The molecule has 0 bridgehead atoms. The molecule has 11 heteroatoms. The Morgan fingerprint density at radius 3 is 1.56 bits per heavy atom. The summed E-state index contributed by atoms with van der Waals surface area (Å²) < 4.78 is 0. The Labute approximate surface area is 154 Å². The van der Waals surface area contributed by atoms with E-state index in [0.29, 0.717) is 11.3 Å². The van der Waals surface area contributed by atoms with Crippen molar-refractivity contribution in [1.29, 1.82) is 0 Å². The molecule has 1 unspecified atom stereocenters. The van der Waals surface area contributed by atoms with Gasteiger partial charge in [-0.1, -0.05) is 12.1 Å². The molecule has 1 rings (SSSR count). The van der Waals surface area contributed by atoms with Crippen LogP contribution in [0.25, 0.3) is 0 Å². The molecule has 148 valence electrons. The first-order chi connectivity index (χ1) is 12.6. The Bertz CT molecular complexity index is 659. The second-order valence-corrected chi connectivity index (χ2v) is 5.83. The van der Waals surface area contributed by atoms with E-state index in [2.05, 4.69) is 0 Å². The van der Waals surface area contributed by atoms with Crippen molar-refractivity contribution in [1.82, 2.24) is 9.80 Å². The van der Waals surface area contributed by atoms with Gasteiger partial charge in [-0.05, 0) is 17.7 Å². The summed E-state index contributed by atoms with van der Waals surface area (Å²) in [6, 6.07) is 5.28. The zero-order valence-corrected chi connectivity index (χ0v) is 14.3. The lowest BCUT2D eigenvalue weighted by molar-refractivity contribution is -0.146. The number of carboxylic acid groups (broad SMARTS) is 4. The molecule has 0 saturated carbocycles. The number of nitrogens with two attached hydrogens (primary N) is 1. The first-order valence-corrected chi connectivity index (χ1v) is 7.77. The van der Waals surface area contributed by atoms with Gasteiger partial charge < -0.3 is 26.2 Å². The molecule has 1 atom stereocenters. The molecule has 0 aliphatic carbocycles. The third-order valence-corrected chi connectivity index (χ3v) is 3.59. The zero-order chi connectivity index (χ0) is 20.6. The number of carboxylic acids is 4. The van der Waals surface area contributed by atoms with E-state index in [-0.39, 0.29) is 6.54 Å². The van der Waals surface area contributed by atoms with Gasteiger partial charge in [0.25, 0.3) is 0 Å². The van der Waals surface area contributed by atoms with Gasteiger partial charge in [-0.2, -0.15) is 0 Å². The molecule has 0 spiro atoms. The standard InChI is InChI=1S/C16H21N3O8/c17-11-3-1-10(2-4-11)12(19(8-15(24)25)9-16(26)27)5-18(6-13(20)21)7-14(22)23/h1-4,12H,5-9,17H2,(H,20,21)(H,22,23)(H,24,25)(H,26,27). The largest absolute Gasteiger partial charge is 0.480 e. The van der Waals surface area contributed by atoms with Crippen LogP contribution in [0.3, 0.4) is 0 Å². The molecule has 27 heavy (non-hydrogen) atoms. The van der Waals surface area contributed by atoms with E-state index < -0.39 is 56.1 Å². The molecule has 0 radical (unpaired) electrons. The number of aliphatic carboxylic acids is 4. The number of anilines is 1.